The number of benzene rings is 2. The smallest absolute Gasteiger partial charge is 0.123 e. The lowest BCUT2D eigenvalue weighted by Gasteiger charge is -2.17. The molecule has 110 valence electrons. The second-order valence-electron chi connectivity index (χ2n) is 5.38. The third kappa shape index (κ3) is 3.36. The highest BCUT2D eigenvalue weighted by Crippen LogP contribution is 2.31. The Morgan fingerprint density at radius 3 is 2.81 bits per heavy atom. The molecule has 1 heterocycles. The molecule has 1 N–H and O–H groups in total. The first-order valence-corrected chi connectivity index (χ1v) is 7.43. The predicted octanol–water partition coefficient (Wildman–Crippen LogP) is 4.13. The van der Waals surface area contributed by atoms with E-state index in [4.69, 9.17) is 16.3 Å². The molecule has 0 bridgehead atoms. The molecular weight excluding hydrogens is 289 g/mol. The van der Waals surface area contributed by atoms with Gasteiger partial charge < -0.3 is 10.1 Å². The standard InChI is InChI=1S/C17H17ClFNO/c1-11(12-2-5-15(19)6-3-12)20-10-16-9-13-8-14(18)4-7-17(13)21-16/h2-8,11,16,20H,9-10H2,1H3. The van der Waals surface area contributed by atoms with Gasteiger partial charge in [-0.05, 0) is 48.4 Å². The topological polar surface area (TPSA) is 21.3 Å². The van der Waals surface area contributed by atoms with Crippen molar-refractivity contribution in [3.8, 4) is 5.75 Å². The van der Waals surface area contributed by atoms with Gasteiger partial charge in [-0.2, -0.15) is 0 Å². The van der Waals surface area contributed by atoms with Crippen LogP contribution in [0.1, 0.15) is 24.1 Å². The summed E-state index contributed by atoms with van der Waals surface area (Å²) in [5.41, 5.74) is 2.22. The van der Waals surface area contributed by atoms with Gasteiger partial charge in [-0.15, -0.1) is 0 Å². The van der Waals surface area contributed by atoms with Gasteiger partial charge in [-0.1, -0.05) is 23.7 Å². The molecule has 1 aliphatic heterocycles. The molecule has 4 heteroatoms. The van der Waals surface area contributed by atoms with Crippen LogP contribution in [0.5, 0.6) is 5.75 Å². The number of fused-ring (bicyclic) bond motifs is 1. The quantitative estimate of drug-likeness (QED) is 0.917. The number of halogens is 2. The Bertz CT molecular complexity index is 629. The summed E-state index contributed by atoms with van der Waals surface area (Å²) in [7, 11) is 0. The molecule has 2 aromatic rings. The van der Waals surface area contributed by atoms with Gasteiger partial charge in [0.2, 0.25) is 0 Å². The van der Waals surface area contributed by atoms with Crippen LogP contribution in [0.15, 0.2) is 42.5 Å². The van der Waals surface area contributed by atoms with Crippen molar-refractivity contribution >= 4 is 11.6 Å². The van der Waals surface area contributed by atoms with E-state index in [0.717, 1.165) is 34.9 Å². The Kier molecular flexibility index (Phi) is 4.13. The second-order valence-corrected chi connectivity index (χ2v) is 5.81. The maximum Gasteiger partial charge on any atom is 0.123 e. The van der Waals surface area contributed by atoms with Crippen molar-refractivity contribution in [2.24, 2.45) is 0 Å². The Morgan fingerprint density at radius 2 is 2.05 bits per heavy atom. The van der Waals surface area contributed by atoms with Crippen molar-refractivity contribution in [1.29, 1.82) is 0 Å². The first kappa shape index (κ1) is 14.4. The molecule has 0 aromatic heterocycles. The summed E-state index contributed by atoms with van der Waals surface area (Å²) in [5, 5.41) is 4.17. The van der Waals surface area contributed by atoms with Crippen LogP contribution in [0.2, 0.25) is 5.02 Å². The maximum atomic E-state index is 12.9. The molecule has 3 rings (SSSR count). The summed E-state index contributed by atoms with van der Waals surface area (Å²) >= 11 is 5.99. The minimum Gasteiger partial charge on any atom is -0.488 e. The predicted molar refractivity (Wildman–Crippen MR) is 82.4 cm³/mol. The molecule has 0 amide bonds. The molecule has 2 nitrogen and oxygen atoms in total. The number of nitrogens with one attached hydrogen (secondary N) is 1. The van der Waals surface area contributed by atoms with Crippen LogP contribution < -0.4 is 10.1 Å². The highest BCUT2D eigenvalue weighted by molar-refractivity contribution is 6.30. The van der Waals surface area contributed by atoms with Gasteiger partial charge in [0.05, 0.1) is 0 Å². The van der Waals surface area contributed by atoms with Crippen molar-refractivity contribution in [3.05, 3.63) is 64.4 Å². The van der Waals surface area contributed by atoms with Crippen LogP contribution in [-0.2, 0) is 6.42 Å². The van der Waals surface area contributed by atoms with Crippen LogP contribution in [-0.4, -0.2) is 12.6 Å². The van der Waals surface area contributed by atoms with Crippen molar-refractivity contribution in [1.82, 2.24) is 5.32 Å². The lowest BCUT2D eigenvalue weighted by atomic mass is 10.1. The molecular formula is C17H17ClFNO. The molecule has 0 aliphatic carbocycles. The van der Waals surface area contributed by atoms with Crippen LogP contribution in [0.3, 0.4) is 0 Å². The Balaban J connectivity index is 1.56. The molecule has 0 radical (unpaired) electrons. The summed E-state index contributed by atoms with van der Waals surface area (Å²) < 4.78 is 18.8. The lowest BCUT2D eigenvalue weighted by molar-refractivity contribution is 0.222. The fourth-order valence-corrected chi connectivity index (χ4v) is 2.78. The zero-order valence-corrected chi connectivity index (χ0v) is 12.5. The van der Waals surface area contributed by atoms with Crippen LogP contribution in [0.4, 0.5) is 4.39 Å². The number of hydrogen-bond donors (Lipinski definition) is 1. The fourth-order valence-electron chi connectivity index (χ4n) is 2.58. The Hall–Kier alpha value is -1.58. The van der Waals surface area contributed by atoms with Gasteiger partial charge in [0.25, 0.3) is 0 Å². The third-order valence-corrected chi connectivity index (χ3v) is 4.02. The second kappa shape index (κ2) is 6.04. The van der Waals surface area contributed by atoms with Crippen molar-refractivity contribution < 1.29 is 9.13 Å². The normalized spacial score (nSPS) is 18.1. The zero-order chi connectivity index (χ0) is 14.8. The Morgan fingerprint density at radius 1 is 1.29 bits per heavy atom. The zero-order valence-electron chi connectivity index (χ0n) is 11.8. The number of hydrogen-bond acceptors (Lipinski definition) is 2. The average Bonchev–Trinajstić information content (AvgIpc) is 2.87. The van der Waals surface area contributed by atoms with E-state index in [0.29, 0.717) is 0 Å². The summed E-state index contributed by atoms with van der Waals surface area (Å²) in [6, 6.07) is 12.4. The van der Waals surface area contributed by atoms with E-state index >= 15 is 0 Å². The summed E-state index contributed by atoms with van der Waals surface area (Å²) in [6.07, 6.45) is 0.973. The fraction of sp³-hybridized carbons (Fsp3) is 0.294. The average molecular weight is 306 g/mol. The SMILES string of the molecule is CC(NCC1Cc2cc(Cl)ccc2O1)c1ccc(F)cc1. The highest BCUT2D eigenvalue weighted by atomic mass is 35.5. The molecule has 0 saturated heterocycles. The summed E-state index contributed by atoms with van der Waals surface area (Å²) in [6.45, 7) is 2.80. The van der Waals surface area contributed by atoms with Crippen molar-refractivity contribution in [3.63, 3.8) is 0 Å². The van der Waals surface area contributed by atoms with Crippen LogP contribution in [0.25, 0.3) is 0 Å². The largest absolute Gasteiger partial charge is 0.488 e. The van der Waals surface area contributed by atoms with Crippen molar-refractivity contribution in [2.45, 2.75) is 25.5 Å². The van der Waals surface area contributed by atoms with Crippen LogP contribution in [0, 0.1) is 5.82 Å². The van der Waals surface area contributed by atoms with Gasteiger partial charge in [-0.3, -0.25) is 0 Å². The monoisotopic (exact) mass is 305 g/mol. The minimum absolute atomic E-state index is 0.112. The molecule has 0 fully saturated rings. The van der Waals surface area contributed by atoms with E-state index in [2.05, 4.69) is 12.2 Å². The highest BCUT2D eigenvalue weighted by Gasteiger charge is 2.23. The molecule has 0 spiro atoms. The first-order chi connectivity index (χ1) is 10.1. The summed E-state index contributed by atoms with van der Waals surface area (Å²) in [4.78, 5) is 0. The van der Waals surface area contributed by atoms with E-state index in [9.17, 15) is 4.39 Å². The van der Waals surface area contributed by atoms with E-state index in [1.54, 1.807) is 12.1 Å². The van der Waals surface area contributed by atoms with Gasteiger partial charge in [0.15, 0.2) is 0 Å². The van der Waals surface area contributed by atoms with Crippen LogP contribution >= 0.6 is 11.6 Å². The summed E-state index contributed by atoms with van der Waals surface area (Å²) in [5.74, 6) is 0.707. The van der Waals surface area contributed by atoms with E-state index < -0.39 is 0 Å². The van der Waals surface area contributed by atoms with E-state index in [1.165, 1.54) is 12.1 Å². The molecule has 2 aromatic carbocycles. The first-order valence-electron chi connectivity index (χ1n) is 7.06. The maximum absolute atomic E-state index is 12.9. The van der Waals surface area contributed by atoms with Gasteiger partial charge >= 0.3 is 0 Å². The molecule has 2 atom stereocenters. The number of rotatable bonds is 4. The van der Waals surface area contributed by atoms with Gasteiger partial charge in [0, 0.05) is 24.0 Å². The number of ether oxygens (including phenoxy) is 1. The third-order valence-electron chi connectivity index (χ3n) is 3.79. The molecule has 1 aliphatic rings. The molecule has 0 saturated carbocycles. The minimum atomic E-state index is -0.211. The lowest BCUT2D eigenvalue weighted by Crippen LogP contribution is -2.31. The molecule has 21 heavy (non-hydrogen) atoms. The van der Waals surface area contributed by atoms with Gasteiger partial charge in [0.1, 0.15) is 17.7 Å². The molecule has 2 unspecified atom stereocenters. The van der Waals surface area contributed by atoms with E-state index in [1.807, 2.05) is 18.2 Å². The van der Waals surface area contributed by atoms with E-state index in [-0.39, 0.29) is 18.0 Å². The Labute approximate surface area is 128 Å². The van der Waals surface area contributed by atoms with Gasteiger partial charge in [-0.25, -0.2) is 4.39 Å². The van der Waals surface area contributed by atoms with Crippen molar-refractivity contribution in [2.75, 3.05) is 6.54 Å².